The predicted molar refractivity (Wildman–Crippen MR) is 161 cm³/mol. The molecule has 11 heteroatoms. The maximum absolute atomic E-state index is 12.2. The van der Waals surface area contributed by atoms with E-state index in [-0.39, 0.29) is 69.0 Å². The van der Waals surface area contributed by atoms with Crippen LogP contribution in [0.15, 0.2) is 136 Å². The first-order valence-corrected chi connectivity index (χ1v) is 13.4. The van der Waals surface area contributed by atoms with E-state index in [1.165, 1.54) is 37.3 Å². The molecule has 45 heavy (non-hydrogen) atoms. The summed E-state index contributed by atoms with van der Waals surface area (Å²) in [6.07, 6.45) is 0. The molecule has 1 radical (unpaired) electrons. The second kappa shape index (κ2) is 14.6. The number of azo groups is 2. The molecule has 0 spiro atoms. The Balaban J connectivity index is 0.000000203. The minimum absolute atomic E-state index is 0. The van der Waals surface area contributed by atoms with Gasteiger partial charge >= 0.3 is 17.4 Å². The van der Waals surface area contributed by atoms with E-state index in [9.17, 15) is 25.2 Å². The Morgan fingerprint density at radius 2 is 1.04 bits per heavy atom. The van der Waals surface area contributed by atoms with E-state index >= 15 is 0 Å². The van der Waals surface area contributed by atoms with Crippen LogP contribution in [0, 0.1) is 0 Å². The van der Waals surface area contributed by atoms with Crippen molar-refractivity contribution in [1.29, 1.82) is 0 Å². The number of carbonyl (C=O) groups is 1. The van der Waals surface area contributed by atoms with Gasteiger partial charge in [0.2, 0.25) is 5.91 Å². The molecule has 0 aliphatic rings. The molecule has 0 atom stereocenters. The molecule has 1 amide bonds. The first kappa shape index (κ1) is 32.2. The number of hydrogen-bond acceptors (Lipinski definition) is 9. The number of carbonyl (C=O) groups excluding carboxylic acids is 1. The second-order valence-electron chi connectivity index (χ2n) is 9.47. The fraction of sp³-hybridized carbons (Fsp3) is 0.0294. The summed E-state index contributed by atoms with van der Waals surface area (Å²) >= 11 is 0. The Bertz CT molecular complexity index is 2050. The Morgan fingerprint density at radius 3 is 1.67 bits per heavy atom. The summed E-state index contributed by atoms with van der Waals surface area (Å²) in [6.45, 7) is 1.38. The van der Waals surface area contributed by atoms with Gasteiger partial charge in [0, 0.05) is 17.7 Å². The third kappa shape index (κ3) is 7.61. The van der Waals surface area contributed by atoms with Gasteiger partial charge in [-0.3, -0.25) is 4.79 Å². The molecule has 0 saturated carbocycles. The van der Waals surface area contributed by atoms with Crippen molar-refractivity contribution in [2.75, 3.05) is 5.32 Å². The summed E-state index contributed by atoms with van der Waals surface area (Å²) < 4.78 is 0. The van der Waals surface area contributed by atoms with Crippen molar-refractivity contribution in [1.82, 2.24) is 0 Å². The van der Waals surface area contributed by atoms with Crippen LogP contribution in [-0.4, -0.2) is 5.91 Å². The quantitative estimate of drug-likeness (QED) is 0.206. The van der Waals surface area contributed by atoms with Gasteiger partial charge in [-0.25, -0.2) is 0 Å². The molecule has 0 heterocycles. The van der Waals surface area contributed by atoms with E-state index in [4.69, 9.17) is 0 Å². The van der Waals surface area contributed by atoms with Crippen molar-refractivity contribution in [2.45, 2.75) is 6.92 Å². The number of nitrogens with zero attached hydrogens (tertiary/aromatic N) is 4. The van der Waals surface area contributed by atoms with Crippen LogP contribution in [0.3, 0.4) is 0 Å². The van der Waals surface area contributed by atoms with Gasteiger partial charge in [-0.1, -0.05) is 120 Å². The van der Waals surface area contributed by atoms with Crippen LogP contribution in [-0.2, 0) is 22.2 Å². The minimum atomic E-state index is -0.340. The SMILES string of the molecule is CC(=O)Nc1cccc2ccc([O-])c(N=Nc3ccccc3[O-])c12.[Cr+3].[O-]c1ccccc1N=Nc1c([O-])ccc2ccccc12. The van der Waals surface area contributed by atoms with E-state index in [1.807, 2.05) is 24.3 Å². The molecule has 0 saturated heterocycles. The molecular formula is C34H23CrN5O5-. The fourth-order valence-corrected chi connectivity index (χ4v) is 4.36. The zero-order chi connectivity index (χ0) is 31.1. The van der Waals surface area contributed by atoms with E-state index in [1.54, 1.807) is 60.7 Å². The van der Waals surface area contributed by atoms with Gasteiger partial charge in [-0.2, -0.15) is 20.5 Å². The Hall–Kier alpha value is -5.76. The fourth-order valence-electron chi connectivity index (χ4n) is 4.36. The number of benzene rings is 6. The largest absolute Gasteiger partial charge is 3.00 e. The number of rotatable bonds is 5. The standard InChI is InChI=1S/C18H15N3O3.C16H12N2O2.Cr/c1-11(22)19-14-7-4-5-12-9-10-16(24)18(17(12)14)21-20-13-6-2-3-8-15(13)23;19-14-8-4-3-7-13(14)17-18-16-12-6-2-1-5-11(12)9-10-15(16)20;/h2-10,23-24H,1H3,(H,19,22);1-10,19-20H;/q;;+3/p-4. The summed E-state index contributed by atoms with van der Waals surface area (Å²) in [5, 5.41) is 68.7. The van der Waals surface area contributed by atoms with Gasteiger partial charge in [0.25, 0.3) is 0 Å². The van der Waals surface area contributed by atoms with Crippen molar-refractivity contribution < 1.29 is 42.6 Å². The molecule has 0 aromatic heterocycles. The number of hydrogen-bond donors (Lipinski definition) is 1. The molecule has 221 valence electrons. The molecular weight excluding hydrogens is 610 g/mol. The molecule has 6 aromatic carbocycles. The molecule has 0 fully saturated rings. The molecule has 0 aliphatic heterocycles. The summed E-state index contributed by atoms with van der Waals surface area (Å²) in [5.41, 5.74) is 1.18. The monoisotopic (exact) mass is 633 g/mol. The third-order valence-electron chi connectivity index (χ3n) is 6.40. The normalized spacial score (nSPS) is 10.9. The van der Waals surface area contributed by atoms with E-state index in [2.05, 4.69) is 25.8 Å². The first-order chi connectivity index (χ1) is 21.3. The van der Waals surface area contributed by atoms with Gasteiger partial charge < -0.3 is 25.7 Å². The Labute approximate surface area is 268 Å². The topological polar surface area (TPSA) is 171 Å². The molecule has 1 N–H and O–H groups in total. The molecule has 6 aromatic rings. The van der Waals surface area contributed by atoms with Crippen LogP contribution in [0.4, 0.5) is 28.4 Å². The summed E-state index contributed by atoms with van der Waals surface area (Å²) in [6, 6.07) is 31.4. The van der Waals surface area contributed by atoms with Gasteiger partial charge in [-0.15, -0.1) is 0 Å². The van der Waals surface area contributed by atoms with Crippen molar-refractivity contribution in [2.24, 2.45) is 20.5 Å². The van der Waals surface area contributed by atoms with Crippen molar-refractivity contribution in [3.8, 4) is 23.0 Å². The number of nitrogens with one attached hydrogen (secondary N) is 1. The average molecular weight is 634 g/mol. The van der Waals surface area contributed by atoms with Gasteiger partial charge in [0.15, 0.2) is 0 Å². The van der Waals surface area contributed by atoms with Crippen molar-refractivity contribution in [3.05, 3.63) is 115 Å². The van der Waals surface area contributed by atoms with E-state index in [0.717, 1.165) is 16.2 Å². The van der Waals surface area contributed by atoms with Crippen LogP contribution in [0.5, 0.6) is 23.0 Å². The number of anilines is 1. The Kier molecular flexibility index (Phi) is 10.4. The van der Waals surface area contributed by atoms with Crippen LogP contribution in [0.2, 0.25) is 0 Å². The Morgan fingerprint density at radius 1 is 0.533 bits per heavy atom. The van der Waals surface area contributed by atoms with E-state index < -0.39 is 0 Å². The molecule has 0 bridgehead atoms. The number of amides is 1. The second-order valence-corrected chi connectivity index (χ2v) is 9.47. The van der Waals surface area contributed by atoms with Gasteiger partial charge in [0.05, 0.1) is 28.4 Å². The first-order valence-electron chi connectivity index (χ1n) is 13.4. The number of fused-ring (bicyclic) bond motifs is 2. The number of para-hydroxylation sites is 2. The molecule has 6 rings (SSSR count). The van der Waals surface area contributed by atoms with Crippen molar-refractivity contribution in [3.63, 3.8) is 0 Å². The summed E-state index contributed by atoms with van der Waals surface area (Å²) in [4.78, 5) is 11.4. The van der Waals surface area contributed by atoms with Gasteiger partial charge in [-0.05, 0) is 29.0 Å². The third-order valence-corrected chi connectivity index (χ3v) is 6.40. The van der Waals surface area contributed by atoms with Crippen LogP contribution >= 0.6 is 0 Å². The predicted octanol–water partition coefficient (Wildman–Crippen LogP) is 6.76. The average Bonchev–Trinajstić information content (AvgIpc) is 3.02. The van der Waals surface area contributed by atoms with Gasteiger partial charge in [0.1, 0.15) is 0 Å². The molecule has 10 nitrogen and oxygen atoms in total. The maximum Gasteiger partial charge on any atom is 3.00 e. The van der Waals surface area contributed by atoms with Crippen LogP contribution in [0.1, 0.15) is 6.92 Å². The zero-order valence-corrected chi connectivity index (χ0v) is 25.0. The maximum atomic E-state index is 12.2. The minimum Gasteiger partial charge on any atom is -0.871 e. The zero-order valence-electron chi connectivity index (χ0n) is 23.7. The van der Waals surface area contributed by atoms with Crippen LogP contribution < -0.4 is 25.7 Å². The molecule has 0 aliphatic carbocycles. The van der Waals surface area contributed by atoms with E-state index in [0.29, 0.717) is 11.1 Å². The summed E-state index contributed by atoms with van der Waals surface area (Å²) in [5.74, 6) is -1.31. The molecule has 0 unspecified atom stereocenters. The summed E-state index contributed by atoms with van der Waals surface area (Å²) in [7, 11) is 0. The van der Waals surface area contributed by atoms with Crippen molar-refractivity contribution >= 4 is 55.9 Å². The van der Waals surface area contributed by atoms with Crippen LogP contribution in [0.25, 0.3) is 21.5 Å². The smallest absolute Gasteiger partial charge is 0.871 e.